The van der Waals surface area contributed by atoms with Crippen LogP contribution >= 0.6 is 0 Å². The summed E-state index contributed by atoms with van der Waals surface area (Å²) in [4.78, 5) is 22.2. The van der Waals surface area contributed by atoms with E-state index in [-0.39, 0.29) is 11.4 Å². The zero-order valence-corrected chi connectivity index (χ0v) is 14.6. The molecule has 3 aromatic rings. The van der Waals surface area contributed by atoms with E-state index in [0.717, 1.165) is 28.9 Å². The highest BCUT2D eigenvalue weighted by Crippen LogP contribution is 2.20. The third-order valence-electron chi connectivity index (χ3n) is 4.84. The summed E-state index contributed by atoms with van der Waals surface area (Å²) in [6.45, 7) is 3.76. The Morgan fingerprint density at radius 3 is 2.77 bits per heavy atom. The number of fused-ring (bicyclic) bond motifs is 1. The molecule has 0 saturated carbocycles. The van der Waals surface area contributed by atoms with Gasteiger partial charge in [-0.05, 0) is 30.5 Å². The van der Waals surface area contributed by atoms with Gasteiger partial charge in [-0.15, -0.1) is 0 Å². The first-order valence-electron chi connectivity index (χ1n) is 8.75. The van der Waals surface area contributed by atoms with Gasteiger partial charge in [0, 0.05) is 30.8 Å². The molecule has 4 rings (SSSR count). The monoisotopic (exact) mass is 349 g/mol. The molecule has 0 unspecified atom stereocenters. The van der Waals surface area contributed by atoms with Gasteiger partial charge < -0.3 is 4.98 Å². The molecule has 0 atom stereocenters. The molecule has 132 valence electrons. The SMILES string of the molecule is Cc1ccc(CN2CCc3c(nc(-c4ccccc4)[nH]c3=O)C2)cc1F. The molecule has 4 nitrogen and oxygen atoms in total. The van der Waals surface area contributed by atoms with Gasteiger partial charge in [-0.25, -0.2) is 9.37 Å². The lowest BCUT2D eigenvalue weighted by Gasteiger charge is -2.27. The van der Waals surface area contributed by atoms with Crippen molar-refractivity contribution in [2.75, 3.05) is 6.54 Å². The van der Waals surface area contributed by atoms with Gasteiger partial charge in [0.05, 0.1) is 5.69 Å². The smallest absolute Gasteiger partial charge is 0.254 e. The summed E-state index contributed by atoms with van der Waals surface area (Å²) in [7, 11) is 0. The van der Waals surface area contributed by atoms with Gasteiger partial charge in [0.2, 0.25) is 0 Å². The molecule has 1 N–H and O–H groups in total. The minimum absolute atomic E-state index is 0.0603. The zero-order chi connectivity index (χ0) is 18.1. The Labute approximate surface area is 151 Å². The number of aromatic amines is 1. The zero-order valence-electron chi connectivity index (χ0n) is 14.6. The minimum Gasteiger partial charge on any atom is -0.306 e. The van der Waals surface area contributed by atoms with Crippen LogP contribution < -0.4 is 5.56 Å². The molecule has 0 saturated heterocycles. The Kier molecular flexibility index (Phi) is 4.39. The third-order valence-corrected chi connectivity index (χ3v) is 4.84. The molecule has 2 heterocycles. The Morgan fingerprint density at radius 1 is 1.19 bits per heavy atom. The predicted molar refractivity (Wildman–Crippen MR) is 99.2 cm³/mol. The first-order chi connectivity index (χ1) is 12.6. The number of hydrogen-bond donors (Lipinski definition) is 1. The maximum atomic E-state index is 13.8. The fourth-order valence-electron chi connectivity index (χ4n) is 3.35. The number of hydrogen-bond acceptors (Lipinski definition) is 3. The highest BCUT2D eigenvalue weighted by atomic mass is 19.1. The molecule has 0 aliphatic carbocycles. The molecule has 26 heavy (non-hydrogen) atoms. The van der Waals surface area contributed by atoms with Gasteiger partial charge in [0.1, 0.15) is 11.6 Å². The van der Waals surface area contributed by atoms with E-state index in [4.69, 9.17) is 4.98 Å². The molecule has 1 aromatic heterocycles. The summed E-state index contributed by atoms with van der Waals surface area (Å²) in [5, 5.41) is 0. The average Bonchev–Trinajstić information content (AvgIpc) is 2.65. The molecule has 1 aliphatic rings. The maximum Gasteiger partial charge on any atom is 0.254 e. The third kappa shape index (κ3) is 3.30. The lowest BCUT2D eigenvalue weighted by atomic mass is 10.0. The number of aromatic nitrogens is 2. The predicted octanol–water partition coefficient (Wildman–Crippen LogP) is 3.44. The number of benzene rings is 2. The second-order valence-electron chi connectivity index (χ2n) is 6.75. The molecule has 0 amide bonds. The van der Waals surface area contributed by atoms with Crippen molar-refractivity contribution in [2.45, 2.75) is 26.4 Å². The fourth-order valence-corrected chi connectivity index (χ4v) is 3.35. The van der Waals surface area contributed by atoms with Crippen LogP contribution in [0, 0.1) is 12.7 Å². The van der Waals surface area contributed by atoms with Gasteiger partial charge in [-0.3, -0.25) is 9.69 Å². The number of nitrogens with zero attached hydrogens (tertiary/aromatic N) is 2. The van der Waals surface area contributed by atoms with Crippen LogP contribution in [0.25, 0.3) is 11.4 Å². The number of H-pyrrole nitrogens is 1. The second kappa shape index (κ2) is 6.84. The number of rotatable bonds is 3. The van der Waals surface area contributed by atoms with Gasteiger partial charge >= 0.3 is 0 Å². The summed E-state index contributed by atoms with van der Waals surface area (Å²) >= 11 is 0. The van der Waals surface area contributed by atoms with Crippen molar-refractivity contribution < 1.29 is 4.39 Å². The molecule has 0 radical (unpaired) electrons. The van der Waals surface area contributed by atoms with E-state index in [1.807, 2.05) is 36.4 Å². The Balaban J connectivity index is 1.60. The van der Waals surface area contributed by atoms with E-state index in [0.29, 0.717) is 30.9 Å². The number of nitrogens with one attached hydrogen (secondary N) is 1. The Morgan fingerprint density at radius 2 is 2.00 bits per heavy atom. The molecule has 2 aromatic carbocycles. The van der Waals surface area contributed by atoms with E-state index in [2.05, 4.69) is 9.88 Å². The van der Waals surface area contributed by atoms with Crippen LogP contribution in [-0.2, 0) is 19.5 Å². The van der Waals surface area contributed by atoms with E-state index < -0.39 is 0 Å². The van der Waals surface area contributed by atoms with Gasteiger partial charge in [0.15, 0.2) is 0 Å². The van der Waals surface area contributed by atoms with Gasteiger partial charge in [-0.2, -0.15) is 0 Å². The summed E-state index contributed by atoms with van der Waals surface area (Å²) < 4.78 is 13.8. The van der Waals surface area contributed by atoms with Crippen LogP contribution in [-0.4, -0.2) is 21.4 Å². The quantitative estimate of drug-likeness (QED) is 0.788. The highest BCUT2D eigenvalue weighted by molar-refractivity contribution is 5.54. The van der Waals surface area contributed by atoms with Gasteiger partial charge in [0.25, 0.3) is 5.56 Å². The van der Waals surface area contributed by atoms with Crippen molar-refractivity contribution in [3.63, 3.8) is 0 Å². The first-order valence-corrected chi connectivity index (χ1v) is 8.75. The molecule has 1 aliphatic heterocycles. The molecule has 0 bridgehead atoms. The number of aryl methyl sites for hydroxylation is 1. The van der Waals surface area contributed by atoms with Crippen molar-refractivity contribution in [2.24, 2.45) is 0 Å². The van der Waals surface area contributed by atoms with E-state index in [1.54, 1.807) is 19.1 Å². The molecular weight excluding hydrogens is 329 g/mol. The van der Waals surface area contributed by atoms with Crippen LogP contribution in [0.3, 0.4) is 0 Å². The lowest BCUT2D eigenvalue weighted by molar-refractivity contribution is 0.240. The number of halogens is 1. The summed E-state index contributed by atoms with van der Waals surface area (Å²) in [6, 6.07) is 15.0. The summed E-state index contributed by atoms with van der Waals surface area (Å²) in [5.41, 5.74) is 3.99. The minimum atomic E-state index is -0.180. The molecule has 0 fully saturated rings. The lowest BCUT2D eigenvalue weighted by Crippen LogP contribution is -2.35. The van der Waals surface area contributed by atoms with E-state index >= 15 is 0 Å². The maximum absolute atomic E-state index is 13.8. The fraction of sp³-hybridized carbons (Fsp3) is 0.238. The largest absolute Gasteiger partial charge is 0.306 e. The standard InChI is InChI=1S/C21H20FN3O/c1-14-7-8-15(11-18(14)22)12-25-10-9-17-19(13-25)23-20(24-21(17)26)16-5-3-2-4-6-16/h2-8,11H,9-10,12-13H2,1H3,(H,23,24,26). The highest BCUT2D eigenvalue weighted by Gasteiger charge is 2.21. The van der Waals surface area contributed by atoms with E-state index in [9.17, 15) is 9.18 Å². The average molecular weight is 349 g/mol. The van der Waals surface area contributed by atoms with Crippen LogP contribution in [0.5, 0.6) is 0 Å². The molecular formula is C21H20FN3O. The van der Waals surface area contributed by atoms with Crippen molar-refractivity contribution in [3.8, 4) is 11.4 Å². The molecule has 0 spiro atoms. The summed E-state index contributed by atoms with van der Waals surface area (Å²) in [6.07, 6.45) is 0.654. The van der Waals surface area contributed by atoms with Crippen LogP contribution in [0.15, 0.2) is 53.3 Å². The van der Waals surface area contributed by atoms with Crippen molar-refractivity contribution in [1.82, 2.24) is 14.9 Å². The Bertz CT molecular complexity index is 998. The molecule has 5 heteroatoms. The Hall–Kier alpha value is -2.79. The van der Waals surface area contributed by atoms with Crippen molar-refractivity contribution >= 4 is 0 Å². The second-order valence-corrected chi connectivity index (χ2v) is 6.75. The van der Waals surface area contributed by atoms with Crippen LogP contribution in [0.4, 0.5) is 4.39 Å². The topological polar surface area (TPSA) is 49.0 Å². The van der Waals surface area contributed by atoms with Gasteiger partial charge in [-0.1, -0.05) is 42.5 Å². The van der Waals surface area contributed by atoms with Crippen molar-refractivity contribution in [3.05, 3.63) is 87.1 Å². The van der Waals surface area contributed by atoms with Crippen LogP contribution in [0.2, 0.25) is 0 Å². The normalized spacial score (nSPS) is 14.2. The first kappa shape index (κ1) is 16.7. The summed E-state index contributed by atoms with van der Waals surface area (Å²) in [5.74, 6) is 0.415. The van der Waals surface area contributed by atoms with Crippen LogP contribution in [0.1, 0.15) is 22.4 Å². The van der Waals surface area contributed by atoms with Crippen molar-refractivity contribution in [1.29, 1.82) is 0 Å². The van der Waals surface area contributed by atoms with E-state index in [1.165, 1.54) is 0 Å².